The first kappa shape index (κ1) is 12.4. The summed E-state index contributed by atoms with van der Waals surface area (Å²) in [5.41, 5.74) is -0.163. The monoisotopic (exact) mass is 232 g/mol. The van der Waals surface area contributed by atoms with Crippen LogP contribution in [-0.4, -0.2) is 16.0 Å². The number of hydrogen-bond donors (Lipinski definition) is 1. The van der Waals surface area contributed by atoms with Crippen LogP contribution in [0.3, 0.4) is 0 Å². The van der Waals surface area contributed by atoms with Crippen molar-refractivity contribution < 1.29 is 14.8 Å². The van der Waals surface area contributed by atoms with Crippen LogP contribution in [0.4, 0.5) is 5.69 Å². The zero-order valence-corrected chi connectivity index (χ0v) is 8.66. The van der Waals surface area contributed by atoms with Crippen LogP contribution in [0.1, 0.15) is 22.3 Å². The molecule has 86 valence electrons. The number of benzene rings is 1. The van der Waals surface area contributed by atoms with Crippen LogP contribution in [0.25, 0.3) is 6.08 Å². The van der Waals surface area contributed by atoms with Crippen molar-refractivity contribution in [3.05, 3.63) is 45.5 Å². The first-order chi connectivity index (χ1) is 8.06. The van der Waals surface area contributed by atoms with Crippen LogP contribution >= 0.6 is 0 Å². The smallest absolute Gasteiger partial charge is 0.335 e. The Hall–Kier alpha value is -2.68. The van der Waals surface area contributed by atoms with Gasteiger partial charge in [-0.1, -0.05) is 12.2 Å². The van der Waals surface area contributed by atoms with Crippen molar-refractivity contribution in [3.8, 4) is 6.07 Å². The fourth-order valence-corrected chi connectivity index (χ4v) is 1.21. The number of carboxylic acids is 1. The SMILES string of the molecule is N#CCC=Cc1ccc(C(=O)O)cc1[N+](=O)[O-]. The van der Waals surface area contributed by atoms with Crippen molar-refractivity contribution in [2.75, 3.05) is 0 Å². The van der Waals surface area contributed by atoms with E-state index in [0.717, 1.165) is 6.07 Å². The molecule has 0 aliphatic heterocycles. The van der Waals surface area contributed by atoms with Crippen LogP contribution in [-0.2, 0) is 0 Å². The molecule has 0 atom stereocenters. The summed E-state index contributed by atoms with van der Waals surface area (Å²) in [6.07, 6.45) is 3.04. The molecule has 0 unspecified atom stereocenters. The molecular formula is C11H8N2O4. The highest BCUT2D eigenvalue weighted by atomic mass is 16.6. The second-order valence-electron chi connectivity index (χ2n) is 3.10. The van der Waals surface area contributed by atoms with E-state index < -0.39 is 10.9 Å². The van der Waals surface area contributed by atoms with Crippen molar-refractivity contribution in [1.82, 2.24) is 0 Å². The van der Waals surface area contributed by atoms with Crippen LogP contribution in [0.5, 0.6) is 0 Å². The van der Waals surface area contributed by atoms with E-state index in [0.29, 0.717) is 0 Å². The van der Waals surface area contributed by atoms with E-state index in [1.807, 2.05) is 6.07 Å². The van der Waals surface area contributed by atoms with Crippen molar-refractivity contribution >= 4 is 17.7 Å². The van der Waals surface area contributed by atoms with E-state index in [2.05, 4.69) is 0 Å². The van der Waals surface area contributed by atoms with Gasteiger partial charge in [-0.05, 0) is 12.1 Å². The van der Waals surface area contributed by atoms with E-state index in [4.69, 9.17) is 10.4 Å². The highest BCUT2D eigenvalue weighted by molar-refractivity contribution is 5.89. The number of nitro benzene ring substituents is 1. The first-order valence-electron chi connectivity index (χ1n) is 4.61. The molecule has 6 heteroatoms. The minimum atomic E-state index is -1.22. The lowest BCUT2D eigenvalue weighted by atomic mass is 10.1. The average Bonchev–Trinajstić information content (AvgIpc) is 2.29. The Kier molecular flexibility index (Phi) is 3.95. The zero-order valence-electron chi connectivity index (χ0n) is 8.66. The molecule has 17 heavy (non-hydrogen) atoms. The number of carboxylic acid groups (broad SMARTS) is 1. The van der Waals surface area contributed by atoms with Gasteiger partial charge >= 0.3 is 5.97 Å². The molecular weight excluding hydrogens is 224 g/mol. The number of rotatable bonds is 4. The molecule has 0 fully saturated rings. The van der Waals surface area contributed by atoms with Crippen LogP contribution in [0.2, 0.25) is 0 Å². The summed E-state index contributed by atoms with van der Waals surface area (Å²) in [7, 11) is 0. The third-order valence-corrected chi connectivity index (χ3v) is 1.98. The fourth-order valence-electron chi connectivity index (χ4n) is 1.21. The molecule has 0 bridgehead atoms. The van der Waals surface area contributed by atoms with E-state index in [9.17, 15) is 14.9 Å². The highest BCUT2D eigenvalue weighted by Gasteiger charge is 2.15. The second-order valence-corrected chi connectivity index (χ2v) is 3.10. The maximum absolute atomic E-state index is 10.7. The maximum Gasteiger partial charge on any atom is 0.335 e. The maximum atomic E-state index is 10.7. The van der Waals surface area contributed by atoms with Crippen LogP contribution in [0, 0.1) is 21.4 Å². The van der Waals surface area contributed by atoms with Gasteiger partial charge in [0, 0.05) is 6.07 Å². The lowest BCUT2D eigenvalue weighted by molar-refractivity contribution is -0.385. The predicted molar refractivity (Wildman–Crippen MR) is 59.3 cm³/mol. The molecule has 0 aromatic heterocycles. The van der Waals surface area contributed by atoms with E-state index in [1.54, 1.807) is 0 Å². The number of nitrogens with zero attached hydrogens (tertiary/aromatic N) is 2. The lowest BCUT2D eigenvalue weighted by Gasteiger charge is -1.99. The van der Waals surface area contributed by atoms with E-state index in [1.165, 1.54) is 24.3 Å². The predicted octanol–water partition coefficient (Wildman–Crippen LogP) is 2.22. The highest BCUT2D eigenvalue weighted by Crippen LogP contribution is 2.21. The molecule has 0 aliphatic carbocycles. The third-order valence-electron chi connectivity index (χ3n) is 1.98. The van der Waals surface area contributed by atoms with Gasteiger partial charge in [0.25, 0.3) is 5.69 Å². The topological polar surface area (TPSA) is 104 Å². The van der Waals surface area contributed by atoms with Gasteiger partial charge < -0.3 is 5.11 Å². The summed E-state index contributed by atoms with van der Waals surface area (Å²) in [5, 5.41) is 27.8. The molecule has 1 rings (SSSR count). The van der Waals surface area contributed by atoms with Gasteiger partial charge in [0.15, 0.2) is 0 Å². The molecule has 1 N–H and O–H groups in total. The Morgan fingerprint density at radius 2 is 2.29 bits per heavy atom. The van der Waals surface area contributed by atoms with Crippen molar-refractivity contribution in [3.63, 3.8) is 0 Å². The lowest BCUT2D eigenvalue weighted by Crippen LogP contribution is -1.99. The van der Waals surface area contributed by atoms with Crippen molar-refractivity contribution in [2.45, 2.75) is 6.42 Å². The molecule has 1 aromatic carbocycles. The summed E-state index contributed by atoms with van der Waals surface area (Å²) in [5.74, 6) is -1.22. The summed E-state index contributed by atoms with van der Waals surface area (Å²) >= 11 is 0. The Morgan fingerprint density at radius 3 is 2.82 bits per heavy atom. The first-order valence-corrected chi connectivity index (χ1v) is 4.61. The number of hydrogen-bond acceptors (Lipinski definition) is 4. The molecule has 0 amide bonds. The molecule has 0 radical (unpaired) electrons. The summed E-state index contributed by atoms with van der Waals surface area (Å²) < 4.78 is 0. The minimum absolute atomic E-state index is 0.137. The number of aromatic carboxylic acids is 1. The standard InChI is InChI=1S/C11H8N2O4/c12-6-2-1-3-8-4-5-9(11(14)15)7-10(8)13(16)17/h1,3-5,7H,2H2,(H,14,15). The molecule has 0 spiro atoms. The van der Waals surface area contributed by atoms with Crippen molar-refractivity contribution in [2.24, 2.45) is 0 Å². The Labute approximate surface area is 96.6 Å². The molecule has 1 aromatic rings. The zero-order chi connectivity index (χ0) is 12.8. The third kappa shape index (κ3) is 3.14. The van der Waals surface area contributed by atoms with Gasteiger partial charge in [-0.15, -0.1) is 0 Å². The van der Waals surface area contributed by atoms with E-state index in [-0.39, 0.29) is 23.2 Å². The second kappa shape index (κ2) is 5.42. The summed E-state index contributed by atoms with van der Waals surface area (Å²) in [6.45, 7) is 0. The number of nitro groups is 1. The molecule has 0 heterocycles. The number of carbonyl (C=O) groups is 1. The van der Waals surface area contributed by atoms with Gasteiger partial charge in [-0.2, -0.15) is 5.26 Å². The van der Waals surface area contributed by atoms with Gasteiger partial charge in [-0.25, -0.2) is 4.79 Å². The summed E-state index contributed by atoms with van der Waals surface area (Å²) in [6, 6.07) is 5.48. The Balaban J connectivity index is 3.18. The molecule has 0 aliphatic rings. The quantitative estimate of drug-likeness (QED) is 0.633. The fraction of sp³-hybridized carbons (Fsp3) is 0.0909. The molecule has 6 nitrogen and oxygen atoms in total. The average molecular weight is 232 g/mol. The Bertz CT molecular complexity index is 529. The number of nitriles is 1. The van der Waals surface area contributed by atoms with Crippen LogP contribution in [0.15, 0.2) is 24.3 Å². The van der Waals surface area contributed by atoms with Gasteiger partial charge in [0.05, 0.1) is 28.5 Å². The van der Waals surface area contributed by atoms with Gasteiger partial charge in [0.1, 0.15) is 0 Å². The largest absolute Gasteiger partial charge is 0.478 e. The minimum Gasteiger partial charge on any atom is -0.478 e. The van der Waals surface area contributed by atoms with Gasteiger partial charge in [0.2, 0.25) is 0 Å². The molecule has 0 saturated heterocycles. The summed E-state index contributed by atoms with van der Waals surface area (Å²) in [4.78, 5) is 20.8. The Morgan fingerprint density at radius 1 is 1.59 bits per heavy atom. The number of allylic oxidation sites excluding steroid dienone is 1. The van der Waals surface area contributed by atoms with Gasteiger partial charge in [-0.3, -0.25) is 10.1 Å². The van der Waals surface area contributed by atoms with E-state index >= 15 is 0 Å². The van der Waals surface area contributed by atoms with Crippen molar-refractivity contribution in [1.29, 1.82) is 5.26 Å². The molecule has 0 saturated carbocycles. The van der Waals surface area contributed by atoms with Crippen LogP contribution < -0.4 is 0 Å². The normalized spacial score (nSPS) is 10.1.